The van der Waals surface area contributed by atoms with Crippen LogP contribution in [0.15, 0.2) is 5.16 Å². The molecule has 0 aliphatic carbocycles. The van der Waals surface area contributed by atoms with Crippen molar-refractivity contribution in [2.75, 3.05) is 19.3 Å². The van der Waals surface area contributed by atoms with Crippen LogP contribution in [0.25, 0.3) is 0 Å². The summed E-state index contributed by atoms with van der Waals surface area (Å²) in [4.78, 5) is 0. The van der Waals surface area contributed by atoms with Gasteiger partial charge in [0.1, 0.15) is 5.84 Å². The lowest BCUT2D eigenvalue weighted by atomic mass is 10.2. The summed E-state index contributed by atoms with van der Waals surface area (Å²) in [6.45, 7) is 4.55. The van der Waals surface area contributed by atoms with E-state index < -0.39 is 10.0 Å². The van der Waals surface area contributed by atoms with E-state index in [0.29, 0.717) is 6.54 Å². The first-order valence-electron chi connectivity index (χ1n) is 4.69. The molecule has 0 fully saturated rings. The van der Waals surface area contributed by atoms with E-state index in [1.165, 1.54) is 4.31 Å². The topological polar surface area (TPSA) is 96.0 Å². The van der Waals surface area contributed by atoms with Crippen molar-refractivity contribution in [1.29, 1.82) is 0 Å². The van der Waals surface area contributed by atoms with Gasteiger partial charge in [-0.3, -0.25) is 0 Å². The van der Waals surface area contributed by atoms with Gasteiger partial charge in [-0.25, -0.2) is 12.7 Å². The highest BCUT2D eigenvalue weighted by atomic mass is 32.2. The van der Waals surface area contributed by atoms with Gasteiger partial charge in [0.25, 0.3) is 0 Å². The third kappa shape index (κ3) is 6.29. The molecule has 0 rings (SSSR count). The van der Waals surface area contributed by atoms with Crippen LogP contribution in [0.1, 0.15) is 20.3 Å². The van der Waals surface area contributed by atoms with E-state index in [-0.39, 0.29) is 24.7 Å². The Morgan fingerprint density at radius 1 is 1.53 bits per heavy atom. The van der Waals surface area contributed by atoms with Gasteiger partial charge in [0.15, 0.2) is 0 Å². The Bertz CT molecular complexity index is 311. The summed E-state index contributed by atoms with van der Waals surface area (Å²) in [5.74, 6) is 0.277. The molecule has 0 aromatic rings. The largest absolute Gasteiger partial charge is 0.409 e. The third-order valence-corrected chi connectivity index (χ3v) is 3.05. The summed E-state index contributed by atoms with van der Waals surface area (Å²) < 4.78 is 24.0. The van der Waals surface area contributed by atoms with Crippen molar-refractivity contribution in [3.63, 3.8) is 0 Å². The van der Waals surface area contributed by atoms with Crippen LogP contribution in [0.5, 0.6) is 0 Å². The zero-order valence-electron chi connectivity index (χ0n) is 9.34. The molecule has 0 spiro atoms. The average molecular weight is 237 g/mol. The van der Waals surface area contributed by atoms with E-state index in [1.54, 1.807) is 0 Å². The van der Waals surface area contributed by atoms with Crippen LogP contribution >= 0.6 is 0 Å². The van der Waals surface area contributed by atoms with Crippen molar-refractivity contribution in [2.45, 2.75) is 20.3 Å². The highest BCUT2D eigenvalue weighted by Crippen LogP contribution is 2.05. The molecule has 15 heavy (non-hydrogen) atoms. The second-order valence-corrected chi connectivity index (χ2v) is 5.84. The van der Waals surface area contributed by atoms with Crippen molar-refractivity contribution in [2.24, 2.45) is 16.8 Å². The van der Waals surface area contributed by atoms with Crippen LogP contribution in [0.2, 0.25) is 0 Å². The van der Waals surface area contributed by atoms with Gasteiger partial charge in [0, 0.05) is 19.5 Å². The molecule has 7 heteroatoms. The van der Waals surface area contributed by atoms with Crippen LogP contribution in [0.3, 0.4) is 0 Å². The maximum absolute atomic E-state index is 11.4. The van der Waals surface area contributed by atoms with Gasteiger partial charge in [0.05, 0.1) is 6.26 Å². The van der Waals surface area contributed by atoms with Gasteiger partial charge in [-0.1, -0.05) is 19.0 Å². The minimum absolute atomic E-state index is 0.0346. The standard InChI is InChI=1S/C8H19N3O3S/c1-7(2)6-11(15(3,13)14)5-4-8(9)10-12/h7,12H,4-6H2,1-3H3,(H2,9,10). The summed E-state index contributed by atoms with van der Waals surface area (Å²) in [5.41, 5.74) is 5.27. The maximum atomic E-state index is 11.4. The number of rotatable bonds is 6. The van der Waals surface area contributed by atoms with E-state index in [9.17, 15) is 8.42 Å². The molecule has 0 amide bonds. The normalized spacial score (nSPS) is 13.8. The lowest BCUT2D eigenvalue weighted by molar-refractivity contribution is 0.314. The summed E-state index contributed by atoms with van der Waals surface area (Å²) in [6, 6.07) is 0. The molecular weight excluding hydrogens is 218 g/mol. The summed E-state index contributed by atoms with van der Waals surface area (Å²) in [5, 5.41) is 11.1. The molecule has 3 N–H and O–H groups in total. The lowest BCUT2D eigenvalue weighted by Gasteiger charge is -2.21. The highest BCUT2D eigenvalue weighted by molar-refractivity contribution is 7.88. The van der Waals surface area contributed by atoms with Crippen LogP contribution in [-0.4, -0.2) is 43.1 Å². The van der Waals surface area contributed by atoms with Crippen molar-refractivity contribution < 1.29 is 13.6 Å². The predicted octanol–water partition coefficient (Wildman–Crippen LogP) is 0.0405. The van der Waals surface area contributed by atoms with Gasteiger partial charge < -0.3 is 10.9 Å². The van der Waals surface area contributed by atoms with Gasteiger partial charge >= 0.3 is 0 Å². The van der Waals surface area contributed by atoms with E-state index >= 15 is 0 Å². The molecular formula is C8H19N3O3S. The van der Waals surface area contributed by atoms with Gasteiger partial charge in [0.2, 0.25) is 10.0 Å². The fraction of sp³-hybridized carbons (Fsp3) is 0.875. The predicted molar refractivity (Wildman–Crippen MR) is 59.3 cm³/mol. The van der Waals surface area contributed by atoms with Crippen molar-refractivity contribution in [3.05, 3.63) is 0 Å². The molecule has 0 aromatic heterocycles. The number of hydrogen-bond donors (Lipinski definition) is 2. The summed E-state index contributed by atoms with van der Waals surface area (Å²) >= 11 is 0. The molecule has 6 nitrogen and oxygen atoms in total. The molecule has 0 heterocycles. The minimum atomic E-state index is -3.22. The summed E-state index contributed by atoms with van der Waals surface area (Å²) in [7, 11) is -3.22. The Morgan fingerprint density at radius 3 is 2.40 bits per heavy atom. The van der Waals surface area contributed by atoms with Gasteiger partial charge in [-0.05, 0) is 5.92 Å². The number of hydrogen-bond acceptors (Lipinski definition) is 4. The number of amidine groups is 1. The third-order valence-electron chi connectivity index (χ3n) is 1.78. The zero-order valence-corrected chi connectivity index (χ0v) is 10.2. The first-order chi connectivity index (χ1) is 6.77. The first-order valence-corrected chi connectivity index (χ1v) is 6.53. The molecule has 0 saturated heterocycles. The fourth-order valence-electron chi connectivity index (χ4n) is 1.09. The Balaban J connectivity index is 4.40. The molecule has 0 unspecified atom stereocenters. The van der Waals surface area contributed by atoms with Crippen molar-refractivity contribution >= 4 is 15.9 Å². The fourth-order valence-corrected chi connectivity index (χ4v) is 2.08. The monoisotopic (exact) mass is 237 g/mol. The van der Waals surface area contributed by atoms with Gasteiger partial charge in [-0.15, -0.1) is 0 Å². The van der Waals surface area contributed by atoms with E-state index in [0.717, 1.165) is 6.26 Å². The molecule has 0 atom stereocenters. The van der Waals surface area contributed by atoms with E-state index in [4.69, 9.17) is 10.9 Å². The van der Waals surface area contributed by atoms with E-state index in [1.807, 2.05) is 13.8 Å². The van der Waals surface area contributed by atoms with Crippen LogP contribution in [-0.2, 0) is 10.0 Å². The SMILES string of the molecule is CC(C)CN(CCC(N)=NO)S(C)(=O)=O. The quantitative estimate of drug-likeness (QED) is 0.295. The number of sulfonamides is 1. The van der Waals surface area contributed by atoms with Crippen LogP contribution < -0.4 is 5.73 Å². The van der Waals surface area contributed by atoms with Crippen LogP contribution in [0, 0.1) is 5.92 Å². The molecule has 0 radical (unpaired) electrons. The van der Waals surface area contributed by atoms with Crippen molar-refractivity contribution in [1.82, 2.24) is 4.31 Å². The first kappa shape index (κ1) is 14.2. The second-order valence-electron chi connectivity index (χ2n) is 3.86. The minimum Gasteiger partial charge on any atom is -0.409 e. The Hall–Kier alpha value is -0.820. The van der Waals surface area contributed by atoms with Crippen molar-refractivity contribution in [3.8, 4) is 0 Å². The number of nitrogens with two attached hydrogens (primary N) is 1. The Labute approximate surface area is 90.8 Å². The van der Waals surface area contributed by atoms with Crippen LogP contribution in [0.4, 0.5) is 0 Å². The maximum Gasteiger partial charge on any atom is 0.211 e. The second kappa shape index (κ2) is 5.92. The Kier molecular flexibility index (Phi) is 5.59. The molecule has 0 bridgehead atoms. The molecule has 0 aromatic carbocycles. The molecule has 0 aliphatic rings. The molecule has 0 saturated carbocycles. The Morgan fingerprint density at radius 2 is 2.07 bits per heavy atom. The van der Waals surface area contributed by atoms with E-state index in [2.05, 4.69) is 5.16 Å². The molecule has 0 aliphatic heterocycles. The summed E-state index contributed by atoms with van der Waals surface area (Å²) in [6.07, 6.45) is 1.39. The number of nitrogens with zero attached hydrogens (tertiary/aromatic N) is 2. The highest BCUT2D eigenvalue weighted by Gasteiger charge is 2.17. The zero-order chi connectivity index (χ0) is 12.1. The lowest BCUT2D eigenvalue weighted by Crippen LogP contribution is -2.35. The van der Waals surface area contributed by atoms with Gasteiger partial charge in [-0.2, -0.15) is 0 Å². The average Bonchev–Trinajstić information content (AvgIpc) is 2.09. The molecule has 90 valence electrons. The smallest absolute Gasteiger partial charge is 0.211 e. The number of oxime groups is 1.